The Morgan fingerprint density at radius 1 is 0.342 bits per heavy atom. The first-order valence-electron chi connectivity index (χ1n) is 16.2. The zero-order valence-corrected chi connectivity index (χ0v) is 24.7. The quantitative estimate of drug-likeness (QED) is 0.0677. The first kappa shape index (κ1) is 36.9. The molecule has 0 fully saturated rings. The lowest BCUT2D eigenvalue weighted by atomic mass is 10.1. The molecule has 0 amide bonds. The average molecular weight is 543 g/mol. The fourth-order valence-corrected chi connectivity index (χ4v) is 4.66. The van der Waals surface area contributed by atoms with E-state index in [1.807, 2.05) is 0 Å². The second-order valence-corrected chi connectivity index (χ2v) is 10.9. The minimum atomic E-state index is -0.108. The Morgan fingerprint density at radius 3 is 0.842 bits per heavy atom. The van der Waals surface area contributed by atoms with Crippen LogP contribution in [0.5, 0.6) is 0 Å². The highest BCUT2D eigenvalue weighted by molar-refractivity contribution is 5.69. The van der Waals surface area contributed by atoms with E-state index in [0.717, 1.165) is 64.2 Å². The topological polar surface area (TPSA) is 93.1 Å². The summed E-state index contributed by atoms with van der Waals surface area (Å²) in [5, 5.41) is 17.5. The van der Waals surface area contributed by atoms with Crippen LogP contribution in [0.2, 0.25) is 0 Å². The van der Waals surface area contributed by atoms with Crippen molar-refractivity contribution in [3.63, 3.8) is 0 Å². The van der Waals surface area contributed by atoms with Gasteiger partial charge in [-0.1, -0.05) is 116 Å². The molecule has 0 atom stereocenters. The summed E-state index contributed by atoms with van der Waals surface area (Å²) in [6.07, 6.45) is 28.3. The van der Waals surface area contributed by atoms with Crippen LogP contribution in [0, 0.1) is 0 Å². The lowest BCUT2D eigenvalue weighted by Crippen LogP contribution is -2.08. The Labute approximate surface area is 234 Å². The largest absolute Gasteiger partial charge is 0.466 e. The van der Waals surface area contributed by atoms with Gasteiger partial charge in [0.1, 0.15) is 0 Å². The van der Waals surface area contributed by atoms with Gasteiger partial charge in [-0.2, -0.15) is 0 Å². The molecule has 38 heavy (non-hydrogen) atoms. The Balaban J connectivity index is 3.26. The number of hydrogen-bond acceptors (Lipinski definition) is 6. The Bertz CT molecular complexity index is 452. The molecule has 0 unspecified atom stereocenters. The number of carbonyl (C=O) groups is 2. The van der Waals surface area contributed by atoms with Gasteiger partial charge in [0.15, 0.2) is 0 Å². The van der Waals surface area contributed by atoms with E-state index in [1.165, 1.54) is 89.9 Å². The molecule has 0 aromatic heterocycles. The predicted octanol–water partition coefficient (Wildman–Crippen LogP) is 8.20. The molecule has 0 aromatic rings. The monoisotopic (exact) mass is 542 g/mol. The van der Waals surface area contributed by atoms with Gasteiger partial charge in [0, 0.05) is 26.1 Å². The first-order chi connectivity index (χ1) is 18.7. The van der Waals surface area contributed by atoms with Crippen LogP contribution in [0.25, 0.3) is 0 Å². The van der Waals surface area contributed by atoms with Gasteiger partial charge in [-0.15, -0.1) is 0 Å². The number of carbonyl (C=O) groups excluding carboxylic acids is 2. The number of aliphatic hydroxyl groups excluding tert-OH is 2. The molecular formula is C32H62O6. The highest BCUT2D eigenvalue weighted by Crippen LogP contribution is 2.13. The molecule has 0 spiro atoms. The summed E-state index contributed by atoms with van der Waals surface area (Å²) in [7, 11) is 0. The molecule has 6 nitrogen and oxygen atoms in total. The maximum absolute atomic E-state index is 11.8. The van der Waals surface area contributed by atoms with Crippen LogP contribution in [-0.2, 0) is 19.1 Å². The Morgan fingerprint density at radius 2 is 0.579 bits per heavy atom. The second-order valence-electron chi connectivity index (χ2n) is 10.9. The van der Waals surface area contributed by atoms with Crippen LogP contribution in [0.1, 0.15) is 167 Å². The number of aliphatic hydroxyl groups is 2. The van der Waals surface area contributed by atoms with Gasteiger partial charge in [0.25, 0.3) is 0 Å². The van der Waals surface area contributed by atoms with E-state index in [9.17, 15) is 9.59 Å². The van der Waals surface area contributed by atoms with Gasteiger partial charge in [-0.25, -0.2) is 0 Å². The second kappa shape index (κ2) is 32.1. The summed E-state index contributed by atoms with van der Waals surface area (Å²) in [6.45, 7) is 1.47. The minimum Gasteiger partial charge on any atom is -0.466 e. The van der Waals surface area contributed by atoms with Crippen LogP contribution < -0.4 is 0 Å². The van der Waals surface area contributed by atoms with Gasteiger partial charge in [-0.05, 0) is 38.5 Å². The average Bonchev–Trinajstić information content (AvgIpc) is 2.91. The highest BCUT2D eigenvalue weighted by Gasteiger charge is 2.05. The summed E-state index contributed by atoms with van der Waals surface area (Å²) < 4.78 is 10.6. The van der Waals surface area contributed by atoms with Crippen LogP contribution in [-0.4, -0.2) is 48.6 Å². The molecule has 0 rings (SSSR count). The van der Waals surface area contributed by atoms with Crippen molar-refractivity contribution in [3.05, 3.63) is 0 Å². The SMILES string of the molecule is O=C(CCCCCCCCCCCCCO)OCCCCOC(=O)CCCCCCCCCCCCCO. The Hall–Kier alpha value is -1.14. The molecule has 6 heteroatoms. The molecule has 0 aliphatic rings. The molecule has 0 bridgehead atoms. The normalized spacial score (nSPS) is 11.1. The van der Waals surface area contributed by atoms with Gasteiger partial charge in [0.2, 0.25) is 0 Å². The molecule has 0 aliphatic heterocycles. The molecule has 0 radical (unpaired) electrons. The van der Waals surface area contributed by atoms with Crippen molar-refractivity contribution >= 4 is 11.9 Å². The van der Waals surface area contributed by atoms with E-state index < -0.39 is 0 Å². The number of esters is 2. The lowest BCUT2D eigenvalue weighted by Gasteiger charge is -2.07. The molecule has 0 saturated carbocycles. The summed E-state index contributed by atoms with van der Waals surface area (Å²) in [4.78, 5) is 23.7. The summed E-state index contributed by atoms with van der Waals surface area (Å²) in [5.74, 6) is -0.217. The molecular weight excluding hydrogens is 480 g/mol. The zero-order chi connectivity index (χ0) is 27.8. The molecule has 0 aromatic carbocycles. The van der Waals surface area contributed by atoms with Crippen molar-refractivity contribution in [2.45, 2.75) is 167 Å². The highest BCUT2D eigenvalue weighted by atomic mass is 16.5. The van der Waals surface area contributed by atoms with Crippen LogP contribution in [0.3, 0.4) is 0 Å². The van der Waals surface area contributed by atoms with Gasteiger partial charge in [-0.3, -0.25) is 9.59 Å². The van der Waals surface area contributed by atoms with E-state index in [2.05, 4.69) is 0 Å². The number of rotatable bonds is 31. The predicted molar refractivity (Wildman–Crippen MR) is 156 cm³/mol. The van der Waals surface area contributed by atoms with Gasteiger partial charge < -0.3 is 19.7 Å². The standard InChI is InChI=1S/C32H62O6/c33-27-21-17-13-9-5-1-3-7-11-15-19-25-31(35)37-29-23-24-30-38-32(36)26-20-16-12-8-4-2-6-10-14-18-22-28-34/h33-34H,1-30H2. The van der Waals surface area contributed by atoms with Crippen molar-refractivity contribution in [1.82, 2.24) is 0 Å². The third-order valence-electron chi connectivity index (χ3n) is 7.14. The molecule has 0 aliphatic carbocycles. The van der Waals surface area contributed by atoms with Crippen molar-refractivity contribution < 1.29 is 29.3 Å². The molecule has 2 N–H and O–H groups in total. The first-order valence-corrected chi connectivity index (χ1v) is 16.2. The van der Waals surface area contributed by atoms with E-state index in [1.54, 1.807) is 0 Å². The van der Waals surface area contributed by atoms with Crippen molar-refractivity contribution in [3.8, 4) is 0 Å². The van der Waals surface area contributed by atoms with E-state index in [0.29, 0.717) is 39.3 Å². The summed E-state index contributed by atoms with van der Waals surface area (Å²) >= 11 is 0. The minimum absolute atomic E-state index is 0.108. The van der Waals surface area contributed by atoms with Crippen LogP contribution in [0.4, 0.5) is 0 Å². The molecule has 0 saturated heterocycles. The lowest BCUT2D eigenvalue weighted by molar-refractivity contribution is -0.146. The van der Waals surface area contributed by atoms with Crippen molar-refractivity contribution in [1.29, 1.82) is 0 Å². The van der Waals surface area contributed by atoms with Gasteiger partial charge >= 0.3 is 11.9 Å². The fraction of sp³-hybridized carbons (Fsp3) is 0.938. The van der Waals surface area contributed by atoms with Gasteiger partial charge in [0.05, 0.1) is 13.2 Å². The maximum Gasteiger partial charge on any atom is 0.305 e. The maximum atomic E-state index is 11.8. The zero-order valence-electron chi connectivity index (χ0n) is 24.7. The molecule has 226 valence electrons. The van der Waals surface area contributed by atoms with E-state index >= 15 is 0 Å². The van der Waals surface area contributed by atoms with Crippen molar-refractivity contribution in [2.75, 3.05) is 26.4 Å². The fourth-order valence-electron chi connectivity index (χ4n) is 4.66. The van der Waals surface area contributed by atoms with Crippen LogP contribution >= 0.6 is 0 Å². The molecule has 0 heterocycles. The smallest absolute Gasteiger partial charge is 0.305 e. The summed E-state index contributed by atoms with van der Waals surface area (Å²) in [6, 6.07) is 0. The number of ether oxygens (including phenoxy) is 2. The number of hydrogen-bond donors (Lipinski definition) is 2. The van der Waals surface area contributed by atoms with E-state index in [-0.39, 0.29) is 11.9 Å². The number of unbranched alkanes of at least 4 members (excludes halogenated alkanes) is 21. The third-order valence-corrected chi connectivity index (χ3v) is 7.14. The summed E-state index contributed by atoms with van der Waals surface area (Å²) in [5.41, 5.74) is 0. The van der Waals surface area contributed by atoms with Crippen LogP contribution in [0.15, 0.2) is 0 Å². The van der Waals surface area contributed by atoms with Crippen molar-refractivity contribution in [2.24, 2.45) is 0 Å². The van der Waals surface area contributed by atoms with E-state index in [4.69, 9.17) is 19.7 Å². The Kier molecular flexibility index (Phi) is 31.1. The third kappa shape index (κ3) is 31.1.